The van der Waals surface area contributed by atoms with Crippen LogP contribution in [0.5, 0.6) is 0 Å². The maximum absolute atomic E-state index is 10.3. The fourth-order valence-electron chi connectivity index (χ4n) is 3.84. The summed E-state index contributed by atoms with van der Waals surface area (Å²) in [6, 6.07) is 18.0. The average molecular weight is 343 g/mol. The fourth-order valence-corrected chi connectivity index (χ4v) is 3.84. The molecule has 0 saturated carbocycles. The number of nitrogens with one attached hydrogen (secondary N) is 1. The van der Waals surface area contributed by atoms with Crippen LogP contribution in [0.2, 0.25) is 0 Å². The lowest BCUT2D eigenvalue weighted by molar-refractivity contribution is -0.126. The number of hydrogen-bond donors (Lipinski definition) is 1. The van der Waals surface area contributed by atoms with E-state index in [-0.39, 0.29) is 18.1 Å². The van der Waals surface area contributed by atoms with Crippen molar-refractivity contribution in [3.63, 3.8) is 0 Å². The van der Waals surface area contributed by atoms with Gasteiger partial charge in [0.1, 0.15) is 0 Å². The van der Waals surface area contributed by atoms with Crippen LogP contribution in [0.3, 0.4) is 0 Å². The number of aryl methyl sites for hydroxylation is 2. The molecular formula is C23H21NO2. The molecule has 0 bridgehead atoms. The van der Waals surface area contributed by atoms with E-state index in [0.29, 0.717) is 0 Å². The van der Waals surface area contributed by atoms with Crippen LogP contribution in [-0.2, 0) is 22.4 Å². The van der Waals surface area contributed by atoms with Gasteiger partial charge < -0.3 is 5.32 Å². The van der Waals surface area contributed by atoms with Crippen LogP contribution in [0, 0.1) is 0 Å². The van der Waals surface area contributed by atoms with Crippen molar-refractivity contribution in [3.05, 3.63) is 71.9 Å². The Morgan fingerprint density at radius 2 is 1.58 bits per heavy atom. The maximum Gasteiger partial charge on any atom is 0.231 e. The monoisotopic (exact) mass is 343 g/mol. The molecule has 0 atom stereocenters. The summed E-state index contributed by atoms with van der Waals surface area (Å²) in [6.07, 6.45) is 7.92. The Labute approximate surface area is 152 Å². The Bertz CT molecular complexity index is 1030. The Hall–Kier alpha value is -2.94. The zero-order chi connectivity index (χ0) is 17.9. The first-order chi connectivity index (χ1) is 12.7. The molecule has 1 aliphatic carbocycles. The van der Waals surface area contributed by atoms with Gasteiger partial charge in [0.25, 0.3) is 0 Å². The minimum atomic E-state index is -0.225. The van der Waals surface area contributed by atoms with Crippen molar-refractivity contribution in [1.82, 2.24) is 5.32 Å². The first-order valence-electron chi connectivity index (χ1n) is 9.13. The topological polar surface area (TPSA) is 46.2 Å². The van der Waals surface area contributed by atoms with Gasteiger partial charge in [0.05, 0.1) is 6.42 Å². The molecule has 26 heavy (non-hydrogen) atoms. The van der Waals surface area contributed by atoms with Crippen molar-refractivity contribution in [2.24, 2.45) is 0 Å². The van der Waals surface area contributed by atoms with Gasteiger partial charge in [-0.05, 0) is 64.4 Å². The summed E-state index contributed by atoms with van der Waals surface area (Å²) in [6.45, 7) is 0. The molecule has 1 heterocycles. The van der Waals surface area contributed by atoms with E-state index in [9.17, 15) is 9.59 Å². The number of fused-ring (bicyclic) bond motifs is 5. The third-order valence-corrected chi connectivity index (χ3v) is 5.11. The van der Waals surface area contributed by atoms with E-state index in [0.717, 1.165) is 0 Å². The third kappa shape index (κ3) is 3.25. The molecule has 3 aromatic rings. The Morgan fingerprint density at radius 3 is 2.38 bits per heavy atom. The number of hydrogen-bond acceptors (Lipinski definition) is 2. The van der Waals surface area contributed by atoms with Crippen LogP contribution in [0.4, 0.5) is 0 Å². The SMILES string of the molecule is O=C1C=CNC(=O)C1.c1ccc2c(c1)ccc1c3c(ccc12)CCCC3. The van der Waals surface area contributed by atoms with E-state index in [2.05, 4.69) is 53.8 Å². The highest BCUT2D eigenvalue weighted by Gasteiger charge is 2.13. The second-order valence-electron chi connectivity index (χ2n) is 6.84. The van der Waals surface area contributed by atoms with E-state index in [1.807, 2.05) is 0 Å². The highest BCUT2D eigenvalue weighted by atomic mass is 16.2. The van der Waals surface area contributed by atoms with Crippen LogP contribution < -0.4 is 5.32 Å². The number of rotatable bonds is 0. The Morgan fingerprint density at radius 1 is 0.769 bits per heavy atom. The molecule has 3 nitrogen and oxygen atoms in total. The van der Waals surface area contributed by atoms with Gasteiger partial charge in [-0.2, -0.15) is 0 Å². The molecule has 0 spiro atoms. The number of carbonyl (C=O) groups is 2. The molecule has 0 saturated heterocycles. The standard InChI is InChI=1S/C18H16.C5H5NO2/c1-3-7-15-13(5-1)9-11-18-16-8-4-2-6-14(16)10-12-17(15)18;7-4-1-2-6-5(8)3-4/h1,3,5,7,9-12H,2,4,6,8H2;1-2H,3H2,(H,6,8). The minimum Gasteiger partial charge on any atom is -0.332 e. The van der Waals surface area contributed by atoms with Gasteiger partial charge in [0, 0.05) is 6.20 Å². The molecule has 3 aromatic carbocycles. The summed E-state index contributed by atoms with van der Waals surface area (Å²) in [5.41, 5.74) is 3.17. The largest absolute Gasteiger partial charge is 0.332 e. The normalized spacial score (nSPS) is 16.0. The lowest BCUT2D eigenvalue weighted by atomic mass is 9.86. The van der Waals surface area contributed by atoms with Gasteiger partial charge in [-0.1, -0.05) is 48.5 Å². The molecule has 0 unspecified atom stereocenters. The quantitative estimate of drug-likeness (QED) is 0.484. The van der Waals surface area contributed by atoms with E-state index in [1.54, 1.807) is 11.1 Å². The second kappa shape index (κ2) is 7.12. The molecule has 1 N–H and O–H groups in total. The predicted molar refractivity (Wildman–Crippen MR) is 105 cm³/mol. The smallest absolute Gasteiger partial charge is 0.231 e. The van der Waals surface area contributed by atoms with Crippen LogP contribution in [0.1, 0.15) is 30.4 Å². The van der Waals surface area contributed by atoms with Crippen LogP contribution in [0.15, 0.2) is 60.8 Å². The van der Waals surface area contributed by atoms with E-state index < -0.39 is 0 Å². The molecule has 1 aliphatic heterocycles. The molecular weight excluding hydrogens is 322 g/mol. The zero-order valence-electron chi connectivity index (χ0n) is 14.6. The van der Waals surface area contributed by atoms with Gasteiger partial charge in [-0.25, -0.2) is 0 Å². The number of ketones is 1. The summed E-state index contributed by atoms with van der Waals surface area (Å²) in [4.78, 5) is 20.6. The molecule has 3 heteroatoms. The molecule has 130 valence electrons. The van der Waals surface area contributed by atoms with Gasteiger partial charge in [0.15, 0.2) is 5.78 Å². The van der Waals surface area contributed by atoms with Crippen molar-refractivity contribution in [1.29, 1.82) is 0 Å². The van der Waals surface area contributed by atoms with Crippen molar-refractivity contribution in [2.75, 3.05) is 0 Å². The van der Waals surface area contributed by atoms with Gasteiger partial charge in [-0.15, -0.1) is 0 Å². The van der Waals surface area contributed by atoms with Gasteiger partial charge in [0.2, 0.25) is 5.91 Å². The lowest BCUT2D eigenvalue weighted by Gasteiger charge is -2.18. The molecule has 0 radical (unpaired) electrons. The van der Waals surface area contributed by atoms with E-state index in [1.165, 1.54) is 59.5 Å². The van der Waals surface area contributed by atoms with Crippen molar-refractivity contribution >= 4 is 33.2 Å². The van der Waals surface area contributed by atoms with Gasteiger partial charge in [-0.3, -0.25) is 9.59 Å². The van der Waals surface area contributed by atoms with E-state index in [4.69, 9.17) is 0 Å². The van der Waals surface area contributed by atoms with Crippen LogP contribution >= 0.6 is 0 Å². The van der Waals surface area contributed by atoms with Crippen molar-refractivity contribution in [3.8, 4) is 0 Å². The van der Waals surface area contributed by atoms with Gasteiger partial charge >= 0.3 is 0 Å². The first kappa shape index (κ1) is 16.5. The molecule has 5 rings (SSSR count). The van der Waals surface area contributed by atoms with Crippen LogP contribution in [0.25, 0.3) is 21.5 Å². The summed E-state index contributed by atoms with van der Waals surface area (Å²) < 4.78 is 0. The number of amides is 1. The molecule has 0 fully saturated rings. The van der Waals surface area contributed by atoms with Crippen molar-refractivity contribution in [2.45, 2.75) is 32.1 Å². The molecule has 2 aliphatic rings. The Kier molecular flexibility index (Phi) is 4.53. The first-order valence-corrected chi connectivity index (χ1v) is 9.13. The number of allylic oxidation sites excluding steroid dienone is 1. The highest BCUT2D eigenvalue weighted by molar-refractivity contribution is 6.08. The van der Waals surface area contributed by atoms with Crippen molar-refractivity contribution < 1.29 is 9.59 Å². The second-order valence-corrected chi connectivity index (χ2v) is 6.84. The number of carbonyl (C=O) groups excluding carboxylic acids is 2. The van der Waals surface area contributed by atoms with Crippen LogP contribution in [-0.4, -0.2) is 11.7 Å². The highest BCUT2D eigenvalue weighted by Crippen LogP contribution is 2.33. The predicted octanol–water partition coefficient (Wildman–Crippen LogP) is 4.46. The molecule has 0 aromatic heterocycles. The van der Waals surface area contributed by atoms with E-state index >= 15 is 0 Å². The number of benzene rings is 3. The average Bonchev–Trinajstić information content (AvgIpc) is 2.68. The summed E-state index contributed by atoms with van der Waals surface area (Å²) in [5, 5.41) is 8.01. The molecule has 1 amide bonds. The maximum atomic E-state index is 10.3. The minimum absolute atomic E-state index is 0.00347. The summed E-state index contributed by atoms with van der Waals surface area (Å²) >= 11 is 0. The fraction of sp³-hybridized carbons (Fsp3) is 0.217. The summed E-state index contributed by atoms with van der Waals surface area (Å²) in [7, 11) is 0. The summed E-state index contributed by atoms with van der Waals surface area (Å²) in [5.74, 6) is -0.355. The lowest BCUT2D eigenvalue weighted by Crippen LogP contribution is -2.24. The zero-order valence-corrected chi connectivity index (χ0v) is 14.6. The Balaban J connectivity index is 0.000000178. The third-order valence-electron chi connectivity index (χ3n) is 5.11.